The first-order valence-corrected chi connectivity index (χ1v) is 5.91. The van der Waals surface area contributed by atoms with E-state index in [-0.39, 0.29) is 6.04 Å². The van der Waals surface area contributed by atoms with Crippen LogP contribution in [0.5, 0.6) is 0 Å². The SMILES string of the molecule is Cc1sc(C)c2c1CCC(N=[N+]=[N-])CN2. The number of anilines is 1. The molecule has 1 aromatic rings. The van der Waals surface area contributed by atoms with Crippen LogP contribution in [0.15, 0.2) is 5.11 Å². The third-order valence-electron chi connectivity index (χ3n) is 2.84. The van der Waals surface area contributed by atoms with Gasteiger partial charge < -0.3 is 5.32 Å². The van der Waals surface area contributed by atoms with Gasteiger partial charge in [0.25, 0.3) is 0 Å². The highest BCUT2D eigenvalue weighted by molar-refractivity contribution is 7.12. The van der Waals surface area contributed by atoms with E-state index in [9.17, 15) is 0 Å². The number of aryl methyl sites for hydroxylation is 2. The van der Waals surface area contributed by atoms with E-state index in [0.717, 1.165) is 19.4 Å². The lowest BCUT2D eigenvalue weighted by atomic mass is 10.1. The normalized spacial score (nSPS) is 19.7. The standard InChI is InChI=1S/C10H14N4S/c1-6-9-4-3-8(13-14-11)5-12-10(9)7(2)15-6/h8,12H,3-5H2,1-2H3. The van der Waals surface area contributed by atoms with Gasteiger partial charge >= 0.3 is 0 Å². The number of thiophene rings is 1. The molecule has 0 saturated heterocycles. The molecule has 15 heavy (non-hydrogen) atoms. The number of nitrogens with one attached hydrogen (secondary N) is 1. The topological polar surface area (TPSA) is 60.8 Å². The van der Waals surface area contributed by atoms with Gasteiger partial charge in [-0.15, -0.1) is 11.3 Å². The van der Waals surface area contributed by atoms with Crippen LogP contribution < -0.4 is 5.32 Å². The Hall–Kier alpha value is -1.19. The third-order valence-corrected chi connectivity index (χ3v) is 3.90. The van der Waals surface area contributed by atoms with E-state index in [1.54, 1.807) is 0 Å². The minimum atomic E-state index is 0.0891. The minimum absolute atomic E-state index is 0.0891. The molecule has 0 amide bonds. The van der Waals surface area contributed by atoms with Gasteiger partial charge in [0.05, 0.1) is 11.7 Å². The molecule has 1 N–H and O–H groups in total. The van der Waals surface area contributed by atoms with Crippen LogP contribution in [0.25, 0.3) is 10.4 Å². The van der Waals surface area contributed by atoms with Gasteiger partial charge in [-0.25, -0.2) is 0 Å². The van der Waals surface area contributed by atoms with Crippen LogP contribution in [0, 0.1) is 13.8 Å². The summed E-state index contributed by atoms with van der Waals surface area (Å²) in [6.45, 7) is 5.05. The summed E-state index contributed by atoms with van der Waals surface area (Å²) in [4.78, 5) is 5.60. The number of rotatable bonds is 1. The molecule has 80 valence electrons. The number of hydrogen-bond donors (Lipinski definition) is 1. The molecular weight excluding hydrogens is 208 g/mol. The van der Waals surface area contributed by atoms with Crippen molar-refractivity contribution in [2.24, 2.45) is 5.11 Å². The molecule has 0 spiro atoms. The van der Waals surface area contributed by atoms with E-state index < -0.39 is 0 Å². The highest BCUT2D eigenvalue weighted by Gasteiger charge is 2.19. The molecule has 5 heteroatoms. The van der Waals surface area contributed by atoms with E-state index in [0.29, 0.717) is 0 Å². The van der Waals surface area contributed by atoms with Crippen LogP contribution in [-0.4, -0.2) is 12.6 Å². The van der Waals surface area contributed by atoms with Gasteiger partial charge in [-0.05, 0) is 37.8 Å². The number of azide groups is 1. The lowest BCUT2D eigenvalue weighted by Gasteiger charge is -2.07. The molecule has 1 aliphatic rings. The summed E-state index contributed by atoms with van der Waals surface area (Å²) in [5.41, 5.74) is 11.1. The summed E-state index contributed by atoms with van der Waals surface area (Å²) in [6, 6.07) is 0.0891. The summed E-state index contributed by atoms with van der Waals surface area (Å²) in [7, 11) is 0. The van der Waals surface area contributed by atoms with Gasteiger partial charge in [0, 0.05) is 21.2 Å². The van der Waals surface area contributed by atoms with E-state index in [1.165, 1.54) is 21.0 Å². The molecule has 0 fully saturated rings. The van der Waals surface area contributed by atoms with E-state index in [2.05, 4.69) is 29.2 Å². The summed E-state index contributed by atoms with van der Waals surface area (Å²) < 4.78 is 0. The van der Waals surface area contributed by atoms with Gasteiger partial charge in [-0.1, -0.05) is 5.11 Å². The Labute approximate surface area is 92.9 Å². The van der Waals surface area contributed by atoms with Crippen molar-refractivity contribution in [2.45, 2.75) is 32.7 Å². The Balaban J connectivity index is 2.26. The largest absolute Gasteiger partial charge is 0.384 e. The number of nitrogens with zero attached hydrogens (tertiary/aromatic N) is 3. The zero-order valence-electron chi connectivity index (χ0n) is 8.95. The number of fused-ring (bicyclic) bond motifs is 1. The summed E-state index contributed by atoms with van der Waals surface area (Å²) in [5, 5.41) is 7.18. The van der Waals surface area contributed by atoms with Crippen LogP contribution in [0.1, 0.15) is 21.7 Å². The Kier molecular flexibility index (Phi) is 2.84. The molecule has 1 atom stereocenters. The quantitative estimate of drug-likeness (QED) is 0.442. The maximum absolute atomic E-state index is 8.42. The molecular formula is C10H14N4S. The number of hydrogen-bond acceptors (Lipinski definition) is 3. The molecule has 4 nitrogen and oxygen atoms in total. The fourth-order valence-electron chi connectivity index (χ4n) is 2.07. The summed E-state index contributed by atoms with van der Waals surface area (Å²) in [5.74, 6) is 0. The van der Waals surface area contributed by atoms with Crippen molar-refractivity contribution in [1.29, 1.82) is 0 Å². The molecule has 1 unspecified atom stereocenters. The molecule has 0 radical (unpaired) electrons. The molecule has 0 saturated carbocycles. The first kappa shape index (κ1) is 10.3. The molecule has 1 aliphatic heterocycles. The second kappa shape index (κ2) is 4.13. The van der Waals surface area contributed by atoms with Crippen molar-refractivity contribution < 1.29 is 0 Å². The summed E-state index contributed by atoms with van der Waals surface area (Å²) >= 11 is 1.84. The van der Waals surface area contributed by atoms with Gasteiger partial charge in [-0.3, -0.25) is 0 Å². The Morgan fingerprint density at radius 3 is 3.00 bits per heavy atom. The molecule has 0 bridgehead atoms. The molecule has 2 heterocycles. The van der Waals surface area contributed by atoms with Crippen molar-refractivity contribution in [3.05, 3.63) is 25.8 Å². The second-order valence-electron chi connectivity index (χ2n) is 3.85. The summed E-state index contributed by atoms with van der Waals surface area (Å²) in [6.07, 6.45) is 1.96. The lowest BCUT2D eigenvalue weighted by molar-refractivity contribution is 0.647. The minimum Gasteiger partial charge on any atom is -0.384 e. The van der Waals surface area contributed by atoms with Crippen LogP contribution in [-0.2, 0) is 6.42 Å². The zero-order valence-corrected chi connectivity index (χ0v) is 9.77. The van der Waals surface area contributed by atoms with Crippen molar-refractivity contribution >= 4 is 17.0 Å². The van der Waals surface area contributed by atoms with Crippen LogP contribution in [0.4, 0.5) is 5.69 Å². The van der Waals surface area contributed by atoms with Gasteiger partial charge in [0.1, 0.15) is 0 Å². The third kappa shape index (κ3) is 1.94. The zero-order chi connectivity index (χ0) is 10.8. The maximum Gasteiger partial charge on any atom is 0.0550 e. The Morgan fingerprint density at radius 2 is 2.27 bits per heavy atom. The first-order chi connectivity index (χ1) is 7.22. The predicted molar refractivity (Wildman–Crippen MR) is 63.5 cm³/mol. The Bertz CT molecular complexity index is 389. The Morgan fingerprint density at radius 1 is 1.47 bits per heavy atom. The smallest absolute Gasteiger partial charge is 0.0550 e. The van der Waals surface area contributed by atoms with Crippen LogP contribution >= 0.6 is 11.3 Å². The molecule has 2 rings (SSSR count). The van der Waals surface area contributed by atoms with E-state index in [4.69, 9.17) is 5.53 Å². The fourth-order valence-corrected chi connectivity index (χ4v) is 3.15. The molecule has 0 aliphatic carbocycles. The van der Waals surface area contributed by atoms with Gasteiger partial charge in [0.15, 0.2) is 0 Å². The van der Waals surface area contributed by atoms with E-state index >= 15 is 0 Å². The maximum atomic E-state index is 8.42. The predicted octanol–water partition coefficient (Wildman–Crippen LogP) is 3.40. The lowest BCUT2D eigenvalue weighted by Crippen LogP contribution is -2.15. The van der Waals surface area contributed by atoms with Gasteiger partial charge in [-0.2, -0.15) is 0 Å². The average molecular weight is 222 g/mol. The monoisotopic (exact) mass is 222 g/mol. The van der Waals surface area contributed by atoms with Crippen molar-refractivity contribution in [1.82, 2.24) is 0 Å². The van der Waals surface area contributed by atoms with Crippen LogP contribution in [0.3, 0.4) is 0 Å². The van der Waals surface area contributed by atoms with Gasteiger partial charge in [0.2, 0.25) is 0 Å². The van der Waals surface area contributed by atoms with Crippen molar-refractivity contribution in [2.75, 3.05) is 11.9 Å². The van der Waals surface area contributed by atoms with Crippen LogP contribution in [0.2, 0.25) is 0 Å². The highest BCUT2D eigenvalue weighted by atomic mass is 32.1. The van der Waals surface area contributed by atoms with Crippen molar-refractivity contribution in [3.8, 4) is 0 Å². The van der Waals surface area contributed by atoms with Crippen molar-refractivity contribution in [3.63, 3.8) is 0 Å². The first-order valence-electron chi connectivity index (χ1n) is 5.09. The highest BCUT2D eigenvalue weighted by Crippen LogP contribution is 2.35. The molecule has 1 aromatic heterocycles. The molecule has 0 aromatic carbocycles. The average Bonchev–Trinajstić information content (AvgIpc) is 2.40. The fraction of sp³-hybridized carbons (Fsp3) is 0.600. The van der Waals surface area contributed by atoms with E-state index in [1.807, 2.05) is 11.3 Å². The second-order valence-corrected chi connectivity index (χ2v) is 5.28.